The van der Waals surface area contributed by atoms with Crippen LogP contribution in [0.5, 0.6) is 0 Å². The number of carboxylic acid groups (broad SMARTS) is 2. The van der Waals surface area contributed by atoms with Crippen LogP contribution in [0.3, 0.4) is 0 Å². The quantitative estimate of drug-likeness (QED) is 0.849. The van der Waals surface area contributed by atoms with Gasteiger partial charge in [-0.3, -0.25) is 4.90 Å². The lowest BCUT2D eigenvalue weighted by Gasteiger charge is -2.36. The zero-order valence-electron chi connectivity index (χ0n) is 13.0. The van der Waals surface area contributed by atoms with Crippen molar-refractivity contribution in [3.63, 3.8) is 0 Å². The summed E-state index contributed by atoms with van der Waals surface area (Å²) < 4.78 is 0. The Kier molecular flexibility index (Phi) is 3.21. The maximum atomic E-state index is 11.9. The molecule has 0 amide bonds. The number of likely N-dealkylation sites (tertiary alicyclic amines) is 1. The number of hydrogen-bond donors (Lipinski definition) is 2. The Bertz CT molecular complexity index is 785. The van der Waals surface area contributed by atoms with Crippen molar-refractivity contribution in [3.05, 3.63) is 59.7 Å². The van der Waals surface area contributed by atoms with Gasteiger partial charge in [-0.25, -0.2) is 9.59 Å². The average Bonchev–Trinajstić information content (AvgIpc) is 3.14. The lowest BCUT2D eigenvalue weighted by atomic mass is 9.92. The van der Waals surface area contributed by atoms with Gasteiger partial charge in [0.15, 0.2) is 0 Å². The normalized spacial score (nSPS) is 19.0. The Balaban J connectivity index is 1.93. The first-order valence-corrected chi connectivity index (χ1v) is 7.99. The fraction of sp³-hybridized carbons (Fsp3) is 0.263. The first-order chi connectivity index (χ1) is 11.6. The van der Waals surface area contributed by atoms with Crippen LogP contribution < -0.4 is 0 Å². The monoisotopic (exact) mass is 323 g/mol. The summed E-state index contributed by atoms with van der Waals surface area (Å²) in [6.45, 7) is 0.450. The third kappa shape index (κ3) is 1.79. The van der Waals surface area contributed by atoms with Crippen molar-refractivity contribution in [2.75, 3.05) is 6.54 Å². The highest BCUT2D eigenvalue weighted by molar-refractivity contribution is 6.03. The number of benzene rings is 2. The summed E-state index contributed by atoms with van der Waals surface area (Å²) in [5.41, 5.74) is 2.19. The van der Waals surface area contributed by atoms with Gasteiger partial charge in [-0.05, 0) is 35.1 Å². The van der Waals surface area contributed by atoms with E-state index in [-0.39, 0.29) is 12.5 Å². The molecule has 0 aromatic heterocycles. The van der Waals surface area contributed by atoms with Crippen molar-refractivity contribution in [3.8, 4) is 11.1 Å². The molecule has 5 nitrogen and oxygen atoms in total. The van der Waals surface area contributed by atoms with E-state index in [0.29, 0.717) is 13.0 Å². The molecule has 0 atom stereocenters. The van der Waals surface area contributed by atoms with Crippen molar-refractivity contribution >= 4 is 11.9 Å². The van der Waals surface area contributed by atoms with Gasteiger partial charge in [-0.15, -0.1) is 0 Å². The molecule has 2 aliphatic rings. The second-order valence-corrected chi connectivity index (χ2v) is 6.34. The van der Waals surface area contributed by atoms with Crippen LogP contribution in [0.25, 0.3) is 11.1 Å². The van der Waals surface area contributed by atoms with Crippen LogP contribution in [0, 0.1) is 0 Å². The van der Waals surface area contributed by atoms with E-state index in [1.165, 1.54) is 0 Å². The third-order valence-electron chi connectivity index (χ3n) is 5.25. The molecule has 1 fully saturated rings. The molecule has 4 rings (SSSR count). The van der Waals surface area contributed by atoms with Crippen LogP contribution >= 0.6 is 0 Å². The Morgan fingerprint density at radius 2 is 1.42 bits per heavy atom. The molecule has 2 aromatic carbocycles. The van der Waals surface area contributed by atoms with Gasteiger partial charge in [0.05, 0.1) is 6.04 Å². The zero-order valence-corrected chi connectivity index (χ0v) is 13.0. The summed E-state index contributed by atoms with van der Waals surface area (Å²) in [6, 6.07) is 15.3. The van der Waals surface area contributed by atoms with E-state index in [1.807, 2.05) is 48.5 Å². The number of fused-ring (bicyclic) bond motifs is 3. The Morgan fingerprint density at radius 3 is 1.92 bits per heavy atom. The molecule has 1 saturated heterocycles. The molecular weight excluding hydrogens is 306 g/mol. The van der Waals surface area contributed by atoms with E-state index < -0.39 is 17.5 Å². The van der Waals surface area contributed by atoms with E-state index in [0.717, 1.165) is 22.3 Å². The second-order valence-electron chi connectivity index (χ2n) is 6.34. The maximum Gasteiger partial charge on any atom is 0.335 e. The average molecular weight is 323 g/mol. The summed E-state index contributed by atoms with van der Waals surface area (Å²) in [6.07, 6.45) is 0.679. The molecule has 0 spiro atoms. The van der Waals surface area contributed by atoms with Crippen molar-refractivity contribution in [1.29, 1.82) is 0 Å². The van der Waals surface area contributed by atoms with E-state index >= 15 is 0 Å². The highest BCUT2D eigenvalue weighted by atomic mass is 16.4. The van der Waals surface area contributed by atoms with Crippen LogP contribution in [0.1, 0.15) is 30.0 Å². The molecule has 2 aromatic rings. The molecule has 0 radical (unpaired) electrons. The number of hydrogen-bond acceptors (Lipinski definition) is 3. The molecule has 0 unspecified atom stereocenters. The molecule has 1 aliphatic carbocycles. The Hall–Kier alpha value is -2.66. The first-order valence-electron chi connectivity index (χ1n) is 7.99. The minimum Gasteiger partial charge on any atom is -0.479 e. The fourth-order valence-electron chi connectivity index (χ4n) is 4.21. The summed E-state index contributed by atoms with van der Waals surface area (Å²) >= 11 is 0. The molecule has 1 aliphatic heterocycles. The van der Waals surface area contributed by atoms with E-state index in [1.54, 1.807) is 4.90 Å². The van der Waals surface area contributed by atoms with Gasteiger partial charge in [0.2, 0.25) is 5.54 Å². The molecule has 2 N–H and O–H groups in total. The number of rotatable bonds is 3. The lowest BCUT2D eigenvalue weighted by Crippen LogP contribution is -2.57. The largest absolute Gasteiger partial charge is 0.479 e. The summed E-state index contributed by atoms with van der Waals surface area (Å²) in [5, 5.41) is 19.5. The molecule has 1 heterocycles. The first kappa shape index (κ1) is 14.9. The van der Waals surface area contributed by atoms with Gasteiger partial charge < -0.3 is 10.2 Å². The van der Waals surface area contributed by atoms with Gasteiger partial charge in [-0.2, -0.15) is 0 Å². The van der Waals surface area contributed by atoms with Crippen LogP contribution in [-0.4, -0.2) is 39.1 Å². The molecule has 0 saturated carbocycles. The van der Waals surface area contributed by atoms with Gasteiger partial charge in [0, 0.05) is 6.54 Å². The van der Waals surface area contributed by atoms with Gasteiger partial charge in [-0.1, -0.05) is 48.5 Å². The highest BCUT2D eigenvalue weighted by Gasteiger charge is 2.58. The second kappa shape index (κ2) is 5.18. The molecule has 122 valence electrons. The molecule has 0 bridgehead atoms. The topological polar surface area (TPSA) is 77.8 Å². The van der Waals surface area contributed by atoms with E-state index in [2.05, 4.69) is 0 Å². The summed E-state index contributed by atoms with van der Waals surface area (Å²) in [7, 11) is 0. The predicted molar refractivity (Wildman–Crippen MR) is 87.7 cm³/mol. The van der Waals surface area contributed by atoms with Gasteiger partial charge in [0.25, 0.3) is 0 Å². The number of carbonyl (C=O) groups is 2. The van der Waals surface area contributed by atoms with Crippen LogP contribution in [0.4, 0.5) is 0 Å². The highest BCUT2D eigenvalue weighted by Crippen LogP contribution is 2.50. The van der Waals surface area contributed by atoms with Crippen molar-refractivity contribution < 1.29 is 19.8 Å². The zero-order chi connectivity index (χ0) is 16.9. The lowest BCUT2D eigenvalue weighted by molar-refractivity contribution is -0.166. The van der Waals surface area contributed by atoms with Crippen LogP contribution in [0.15, 0.2) is 48.5 Å². The summed E-state index contributed by atoms with van der Waals surface area (Å²) in [5.74, 6) is -2.57. The van der Waals surface area contributed by atoms with Crippen molar-refractivity contribution in [2.45, 2.75) is 24.4 Å². The minimum atomic E-state index is -1.87. The van der Waals surface area contributed by atoms with Crippen LogP contribution in [0.2, 0.25) is 0 Å². The number of carboxylic acids is 2. The molecule has 24 heavy (non-hydrogen) atoms. The van der Waals surface area contributed by atoms with Crippen molar-refractivity contribution in [2.24, 2.45) is 0 Å². The fourth-order valence-corrected chi connectivity index (χ4v) is 4.21. The number of aliphatic carboxylic acids is 2. The summed E-state index contributed by atoms with van der Waals surface area (Å²) in [4.78, 5) is 25.5. The molecular formula is C19H17NO4. The Morgan fingerprint density at radius 1 is 0.917 bits per heavy atom. The third-order valence-corrected chi connectivity index (χ3v) is 5.25. The molecule has 5 heteroatoms. The number of nitrogens with zero attached hydrogens (tertiary/aromatic N) is 1. The SMILES string of the molecule is O=C(O)C1(C(=O)O)CCCN1C1c2ccccc2-c2ccccc21. The van der Waals surface area contributed by atoms with Crippen molar-refractivity contribution in [1.82, 2.24) is 4.90 Å². The maximum absolute atomic E-state index is 11.9. The van der Waals surface area contributed by atoms with Crippen LogP contribution in [-0.2, 0) is 9.59 Å². The smallest absolute Gasteiger partial charge is 0.335 e. The van der Waals surface area contributed by atoms with E-state index in [9.17, 15) is 19.8 Å². The minimum absolute atomic E-state index is 0.124. The van der Waals surface area contributed by atoms with E-state index in [4.69, 9.17) is 0 Å². The predicted octanol–water partition coefficient (Wildman–Crippen LogP) is 2.76. The standard InChI is InChI=1S/C19H17NO4/c21-17(22)19(18(23)24)10-5-11-20(19)16-14-8-3-1-6-12(14)13-7-2-4-9-15(13)16/h1-4,6-9,16H,5,10-11H2,(H,21,22)(H,23,24). The van der Waals surface area contributed by atoms with Gasteiger partial charge >= 0.3 is 11.9 Å². The Labute approximate surface area is 139 Å². The van der Waals surface area contributed by atoms with Gasteiger partial charge in [0.1, 0.15) is 0 Å².